The van der Waals surface area contributed by atoms with Gasteiger partial charge in [-0.2, -0.15) is 0 Å². The Morgan fingerprint density at radius 1 is 0.306 bits per heavy atom. The zero-order valence-corrected chi connectivity index (χ0v) is 84.8. The number of rotatable bonds is 9. The minimum absolute atomic E-state index is 0.00804. The van der Waals surface area contributed by atoms with Crippen LogP contribution in [0.3, 0.4) is 0 Å². The number of anilines is 12. The van der Waals surface area contributed by atoms with Crippen molar-refractivity contribution in [2.75, 3.05) is 19.6 Å². The topological polar surface area (TPSA) is 52.4 Å². The van der Waals surface area contributed by atoms with Crippen LogP contribution >= 0.6 is 0 Å². The number of nitrogens with zero attached hydrogens (tertiary/aromatic N) is 4. The Bertz CT molecular complexity index is 7670. The van der Waals surface area contributed by atoms with Crippen molar-refractivity contribution in [1.29, 1.82) is 0 Å². The van der Waals surface area contributed by atoms with Gasteiger partial charge >= 0.3 is 0 Å². The van der Waals surface area contributed by atoms with Gasteiger partial charge < -0.3 is 32.9 Å². The molecule has 0 atom stereocenters. The summed E-state index contributed by atoms with van der Waals surface area (Å²) in [6.45, 7) is 65.5. The van der Waals surface area contributed by atoms with Gasteiger partial charge in [-0.25, -0.2) is 0 Å². The molecule has 0 fully saturated rings. The highest BCUT2D eigenvalue weighted by atomic mass is 16.3. The standard InChI is InChI=1S/C125H134B2N4O3/c1-71-59-98-107-100(61-71)130(96-38-31-36-84-105(96)77-33-28-29-35-81(77)125(84,26)27)95-48-42-74(64-93(95)127(107)113-110(80-68-89-91(70-104(80)134-113)124(24,25)58-56-122(89,20)21)128(98)75-43-45-82-86(65-75)119(14,15)53-51-116(82,8)9)115(6,7)49-50-118(12,13)85-37-30-34-78-106-97(39-32-40-102(106)132-111(78)85)131-94-47-41-73(114(3,4)5)63-92(94)126-108-99(60-72(2)62-101(108)131)129(76-44-46-83-87(66-76)120(16,17)54-52-117(83,10)11)109-79-67-88-90(69-103(79)133-112(109)126)123(22,23)57-55-121(88,18)19/h28-48,59-70H,49-58H2,1-27H3. The van der Waals surface area contributed by atoms with E-state index in [-0.39, 0.29) is 78.4 Å². The monoisotopic (exact) mass is 1760 g/mol. The van der Waals surface area contributed by atoms with E-state index in [0.29, 0.717) is 0 Å². The third-order valence-electron chi connectivity index (χ3n) is 36.1. The molecular weight excluding hydrogens is 1630 g/mol. The summed E-state index contributed by atoms with van der Waals surface area (Å²) in [7, 11) is 0. The molecule has 9 heteroatoms. The largest absolute Gasteiger partial charge is 0.468 e. The van der Waals surface area contributed by atoms with Gasteiger partial charge in [-0.1, -0.05) is 270 Å². The van der Waals surface area contributed by atoms with Gasteiger partial charge in [-0.05, 0) is 346 Å². The fraction of sp³-hybridized carbons (Fsp3) is 0.392. The van der Waals surface area contributed by atoms with Crippen molar-refractivity contribution >= 4 is 159 Å². The summed E-state index contributed by atoms with van der Waals surface area (Å²) in [5.74, 6) is 0. The minimum Gasteiger partial charge on any atom is -0.468 e. The predicted molar refractivity (Wildman–Crippen MR) is 570 cm³/mol. The van der Waals surface area contributed by atoms with Crippen LogP contribution in [0.2, 0.25) is 0 Å². The van der Waals surface area contributed by atoms with Crippen molar-refractivity contribution in [3.63, 3.8) is 0 Å². The fourth-order valence-electron chi connectivity index (χ4n) is 27.1. The Morgan fingerprint density at radius 3 is 1.20 bits per heavy atom. The van der Waals surface area contributed by atoms with Gasteiger partial charge in [0.05, 0.1) is 39.5 Å². The van der Waals surface area contributed by atoms with Crippen molar-refractivity contribution in [3.8, 4) is 11.1 Å². The molecule has 678 valence electrons. The Kier molecular flexibility index (Phi) is 17.7. The zero-order chi connectivity index (χ0) is 93.8. The molecule has 0 unspecified atom stereocenters. The molecule has 0 spiro atoms. The van der Waals surface area contributed by atoms with E-state index in [2.05, 4.69) is 407 Å². The Labute approximate surface area is 797 Å². The SMILES string of the molecule is Cc1cc2c3c(c1)N(c1ccc4c(c1)C(C)(C)CCC4(C)C)c1c(oc4cc5c(cc14)C(C)(C)CCC5(C)C)B3c1cc(C(C)(C)CCC(C)(C)c3cccc4c3oc3cccc(N5c6ccc(C(C)(C)C)cc6B6c7oc8cc9c(cc8c7N(c7ccc8c(c7)C(C)(C)CCC8(C)C)c7cc(C)cc5c76)C(C)(C)CCC9(C)C)c34)ccc1N2c1cccc2c1-c1ccccc1C2(C)C. The highest BCUT2D eigenvalue weighted by molar-refractivity contribution is 7.00. The molecule has 134 heavy (non-hydrogen) atoms. The van der Waals surface area contributed by atoms with Crippen molar-refractivity contribution in [1.82, 2.24) is 0 Å². The number of fused-ring (bicyclic) bond motifs is 22. The average Bonchev–Trinajstić information content (AvgIpc) is 1.45. The molecule has 0 amide bonds. The molecule has 24 rings (SSSR count). The summed E-state index contributed by atoms with van der Waals surface area (Å²) >= 11 is 0. The van der Waals surface area contributed by atoms with Gasteiger partial charge in [-0.3, -0.25) is 0 Å². The number of benzene rings is 12. The van der Waals surface area contributed by atoms with E-state index >= 15 is 0 Å². The molecule has 0 radical (unpaired) electrons. The number of para-hydroxylation sites is 1. The van der Waals surface area contributed by atoms with Crippen LogP contribution in [0.5, 0.6) is 0 Å². The summed E-state index contributed by atoms with van der Waals surface area (Å²) in [4.78, 5) is 10.6. The van der Waals surface area contributed by atoms with Crippen LogP contribution in [0.25, 0.3) is 55.0 Å². The molecule has 0 saturated heterocycles. The quantitative estimate of drug-likeness (QED) is 0.134. The van der Waals surface area contributed by atoms with Crippen molar-refractivity contribution in [2.45, 2.75) is 316 Å². The number of aryl methyl sites for hydroxylation is 2. The van der Waals surface area contributed by atoms with Crippen LogP contribution < -0.4 is 52.8 Å². The molecule has 12 aromatic carbocycles. The summed E-state index contributed by atoms with van der Waals surface area (Å²) < 4.78 is 23.5. The molecule has 0 saturated carbocycles. The lowest BCUT2D eigenvalue weighted by molar-refractivity contribution is 0.332. The van der Waals surface area contributed by atoms with E-state index < -0.39 is 0 Å². The molecule has 15 aromatic rings. The lowest BCUT2D eigenvalue weighted by Crippen LogP contribution is -2.61. The first-order valence-corrected chi connectivity index (χ1v) is 50.6. The number of furan rings is 3. The molecule has 9 aliphatic rings. The van der Waals surface area contributed by atoms with Crippen LogP contribution in [0.1, 0.15) is 321 Å². The summed E-state index contributed by atoms with van der Waals surface area (Å²) in [6.07, 6.45) is 10.9. The van der Waals surface area contributed by atoms with Gasteiger partial charge in [0, 0.05) is 78.2 Å². The first kappa shape index (κ1) is 85.7. The van der Waals surface area contributed by atoms with E-state index in [9.17, 15) is 0 Å². The van der Waals surface area contributed by atoms with Gasteiger partial charge in [0.25, 0.3) is 13.4 Å². The van der Waals surface area contributed by atoms with Crippen LogP contribution in [-0.4, -0.2) is 13.4 Å². The summed E-state index contributed by atoms with van der Waals surface area (Å²) in [5, 5.41) is 4.63. The first-order valence-electron chi connectivity index (χ1n) is 50.6. The molecule has 7 heterocycles. The maximum atomic E-state index is 8.02. The average molecular weight is 1760 g/mol. The molecule has 3 aromatic heterocycles. The molecule has 0 N–H and O–H groups in total. The van der Waals surface area contributed by atoms with Crippen molar-refractivity contribution in [3.05, 3.63) is 284 Å². The summed E-state index contributed by atoms with van der Waals surface area (Å²) in [5.41, 5.74) is 47.2. The molecular formula is C125H134B2N4O3. The van der Waals surface area contributed by atoms with Gasteiger partial charge in [-0.15, -0.1) is 0 Å². The second-order valence-electron chi connectivity index (χ2n) is 51.0. The third kappa shape index (κ3) is 12.1. The van der Waals surface area contributed by atoms with E-state index in [4.69, 9.17) is 13.3 Å². The molecule has 7 nitrogen and oxygen atoms in total. The minimum atomic E-state index is -0.344. The smallest absolute Gasteiger partial charge is 0.297 e. The van der Waals surface area contributed by atoms with E-state index in [1.165, 1.54) is 184 Å². The lowest BCUT2D eigenvalue weighted by Gasteiger charge is -2.45. The van der Waals surface area contributed by atoms with E-state index in [1.54, 1.807) is 0 Å². The highest BCUT2D eigenvalue weighted by Crippen LogP contribution is 2.62. The Hall–Kier alpha value is -11.2. The number of hydrogen-bond donors (Lipinski definition) is 0. The van der Waals surface area contributed by atoms with Crippen LogP contribution in [-0.2, 0) is 65.0 Å². The van der Waals surface area contributed by atoms with Crippen molar-refractivity contribution < 1.29 is 13.3 Å². The zero-order valence-electron chi connectivity index (χ0n) is 84.8. The third-order valence-corrected chi connectivity index (χ3v) is 36.1. The summed E-state index contributed by atoms with van der Waals surface area (Å²) in [6, 6.07) is 80.5. The molecule has 4 aliphatic heterocycles. The maximum absolute atomic E-state index is 8.02. The second kappa shape index (κ2) is 27.6. The van der Waals surface area contributed by atoms with E-state index in [1.807, 2.05) is 0 Å². The maximum Gasteiger partial charge on any atom is 0.297 e. The van der Waals surface area contributed by atoms with E-state index in [0.717, 1.165) is 120 Å². The predicted octanol–water partition coefficient (Wildman–Crippen LogP) is 30.9. The van der Waals surface area contributed by atoms with Crippen LogP contribution in [0.4, 0.5) is 68.2 Å². The highest BCUT2D eigenvalue weighted by Gasteiger charge is 2.54. The normalized spacial score (nSPS) is 19.3. The lowest BCUT2D eigenvalue weighted by atomic mass is 9.35. The van der Waals surface area contributed by atoms with Crippen LogP contribution in [0.15, 0.2) is 213 Å². The Morgan fingerprint density at radius 2 is 0.709 bits per heavy atom. The van der Waals surface area contributed by atoms with Gasteiger partial charge in [0.15, 0.2) is 0 Å². The second-order valence-corrected chi connectivity index (χ2v) is 51.0. The fourth-order valence-corrected chi connectivity index (χ4v) is 27.1. The first-order chi connectivity index (χ1) is 63.1. The molecule has 5 aliphatic carbocycles. The van der Waals surface area contributed by atoms with Gasteiger partial charge in [0.1, 0.15) is 22.3 Å². The van der Waals surface area contributed by atoms with Crippen molar-refractivity contribution in [2.24, 2.45) is 0 Å². The Balaban J connectivity index is 0.656. The van der Waals surface area contributed by atoms with Gasteiger partial charge in [0.2, 0.25) is 0 Å². The van der Waals surface area contributed by atoms with Crippen LogP contribution in [0, 0.1) is 13.8 Å². The molecule has 0 bridgehead atoms. The number of hydrogen-bond acceptors (Lipinski definition) is 7.